The molecule has 21 heavy (non-hydrogen) atoms. The van der Waals surface area contributed by atoms with E-state index < -0.39 is 4.92 Å². The van der Waals surface area contributed by atoms with Crippen LogP contribution in [0.1, 0.15) is 32.6 Å². The summed E-state index contributed by atoms with van der Waals surface area (Å²) in [5, 5.41) is 14.0. The summed E-state index contributed by atoms with van der Waals surface area (Å²) in [6.07, 6.45) is 5.42. The summed E-state index contributed by atoms with van der Waals surface area (Å²) in [6.45, 7) is 4.79. The average molecular weight is 292 g/mol. The van der Waals surface area contributed by atoms with E-state index in [-0.39, 0.29) is 5.69 Å². The topological polar surface area (TPSA) is 64.4 Å². The summed E-state index contributed by atoms with van der Waals surface area (Å²) >= 11 is 0. The average Bonchev–Trinajstić information content (AvgIpc) is 2.49. The third-order valence-electron chi connectivity index (χ3n) is 4.29. The molecular formula is C16H24N2O3. The van der Waals surface area contributed by atoms with Crippen molar-refractivity contribution in [3.8, 4) is 5.75 Å². The zero-order valence-electron chi connectivity index (χ0n) is 12.6. The largest absolute Gasteiger partial charge is 0.492 e. The van der Waals surface area contributed by atoms with Crippen LogP contribution in [-0.2, 0) is 0 Å². The Labute approximate surface area is 125 Å². The van der Waals surface area contributed by atoms with E-state index in [1.807, 2.05) is 0 Å². The Morgan fingerprint density at radius 1 is 1.29 bits per heavy atom. The van der Waals surface area contributed by atoms with Gasteiger partial charge in [-0.25, -0.2) is 0 Å². The van der Waals surface area contributed by atoms with Crippen LogP contribution in [0, 0.1) is 22.0 Å². The van der Waals surface area contributed by atoms with Gasteiger partial charge in [-0.1, -0.05) is 26.2 Å². The lowest BCUT2D eigenvalue weighted by Crippen LogP contribution is -2.31. The lowest BCUT2D eigenvalue weighted by Gasteiger charge is -2.28. The number of ether oxygens (including phenoxy) is 1. The van der Waals surface area contributed by atoms with Crippen molar-refractivity contribution in [2.24, 2.45) is 11.8 Å². The minimum Gasteiger partial charge on any atom is -0.492 e. The summed E-state index contributed by atoms with van der Waals surface area (Å²) in [4.78, 5) is 10.1. The third kappa shape index (κ3) is 5.01. The molecule has 1 aromatic carbocycles. The van der Waals surface area contributed by atoms with Crippen LogP contribution in [0.15, 0.2) is 24.3 Å². The van der Waals surface area contributed by atoms with Crippen molar-refractivity contribution in [1.82, 2.24) is 5.32 Å². The first-order valence-corrected chi connectivity index (χ1v) is 7.75. The lowest BCUT2D eigenvalue weighted by atomic mass is 9.80. The Balaban J connectivity index is 1.62. The monoisotopic (exact) mass is 292 g/mol. The summed E-state index contributed by atoms with van der Waals surface area (Å²) in [5.41, 5.74) is 0.0896. The van der Waals surface area contributed by atoms with Crippen LogP contribution in [0.25, 0.3) is 0 Å². The zero-order chi connectivity index (χ0) is 15.1. The minimum atomic E-state index is -0.406. The van der Waals surface area contributed by atoms with E-state index in [1.165, 1.54) is 37.8 Å². The fraction of sp³-hybridized carbons (Fsp3) is 0.625. The second kappa shape index (κ2) is 7.98. The highest BCUT2D eigenvalue weighted by molar-refractivity contribution is 5.35. The maximum Gasteiger partial charge on any atom is 0.269 e. The van der Waals surface area contributed by atoms with Crippen LogP contribution in [0.4, 0.5) is 5.69 Å². The third-order valence-corrected chi connectivity index (χ3v) is 4.29. The maximum atomic E-state index is 10.5. The summed E-state index contributed by atoms with van der Waals surface area (Å²) in [7, 11) is 0. The first kappa shape index (κ1) is 15.8. The summed E-state index contributed by atoms with van der Waals surface area (Å²) in [6, 6.07) is 6.21. The van der Waals surface area contributed by atoms with Crippen LogP contribution in [0.3, 0.4) is 0 Å². The number of nitro benzene ring substituents is 1. The second-order valence-corrected chi connectivity index (χ2v) is 5.83. The van der Waals surface area contributed by atoms with Gasteiger partial charge in [0.1, 0.15) is 12.4 Å². The normalized spacial score (nSPS) is 22.0. The van der Waals surface area contributed by atoms with Crippen molar-refractivity contribution < 1.29 is 9.66 Å². The van der Waals surface area contributed by atoms with Gasteiger partial charge in [0.25, 0.3) is 5.69 Å². The van der Waals surface area contributed by atoms with Gasteiger partial charge in [-0.3, -0.25) is 10.1 Å². The fourth-order valence-corrected chi connectivity index (χ4v) is 2.89. The van der Waals surface area contributed by atoms with Crippen LogP contribution in [-0.4, -0.2) is 24.6 Å². The molecule has 2 rings (SSSR count). The molecule has 0 aliphatic heterocycles. The van der Waals surface area contributed by atoms with Gasteiger partial charge in [0, 0.05) is 18.7 Å². The molecule has 0 radical (unpaired) electrons. The van der Waals surface area contributed by atoms with Gasteiger partial charge in [-0.05, 0) is 36.9 Å². The van der Waals surface area contributed by atoms with Crippen molar-refractivity contribution in [2.75, 3.05) is 19.7 Å². The Bertz CT molecular complexity index is 447. The van der Waals surface area contributed by atoms with Gasteiger partial charge in [0.15, 0.2) is 0 Å². The van der Waals surface area contributed by atoms with Gasteiger partial charge >= 0.3 is 0 Å². The lowest BCUT2D eigenvalue weighted by molar-refractivity contribution is -0.384. The molecule has 0 amide bonds. The number of nitrogens with one attached hydrogen (secondary N) is 1. The molecule has 116 valence electrons. The Kier molecular flexibility index (Phi) is 5.99. The fourth-order valence-electron chi connectivity index (χ4n) is 2.89. The number of benzene rings is 1. The van der Waals surface area contributed by atoms with E-state index in [0.29, 0.717) is 12.4 Å². The van der Waals surface area contributed by atoms with Gasteiger partial charge in [-0.15, -0.1) is 0 Å². The van der Waals surface area contributed by atoms with Crippen molar-refractivity contribution in [3.05, 3.63) is 34.4 Å². The second-order valence-electron chi connectivity index (χ2n) is 5.83. The molecule has 1 N–H and O–H groups in total. The quantitative estimate of drug-likeness (QED) is 0.475. The van der Waals surface area contributed by atoms with Crippen molar-refractivity contribution in [3.63, 3.8) is 0 Å². The van der Waals surface area contributed by atoms with Gasteiger partial charge < -0.3 is 10.1 Å². The van der Waals surface area contributed by atoms with E-state index in [0.717, 1.165) is 24.9 Å². The molecule has 0 saturated heterocycles. The van der Waals surface area contributed by atoms with E-state index >= 15 is 0 Å². The van der Waals surface area contributed by atoms with Crippen molar-refractivity contribution >= 4 is 5.69 Å². The first-order chi connectivity index (χ1) is 10.2. The van der Waals surface area contributed by atoms with Crippen LogP contribution in [0.5, 0.6) is 5.75 Å². The highest BCUT2D eigenvalue weighted by atomic mass is 16.6. The molecule has 2 atom stereocenters. The molecule has 1 aliphatic carbocycles. The van der Waals surface area contributed by atoms with E-state index in [1.54, 1.807) is 12.1 Å². The minimum absolute atomic E-state index is 0.0896. The maximum absolute atomic E-state index is 10.5. The van der Waals surface area contributed by atoms with E-state index in [2.05, 4.69) is 12.2 Å². The molecule has 5 nitrogen and oxygen atoms in total. The summed E-state index contributed by atoms with van der Waals surface area (Å²) in [5.74, 6) is 2.29. The Morgan fingerprint density at radius 2 is 2.00 bits per heavy atom. The van der Waals surface area contributed by atoms with Crippen LogP contribution >= 0.6 is 0 Å². The standard InChI is InChI=1S/C16H24N2O3/c1-13-4-2-3-5-14(13)12-17-10-11-21-16-8-6-15(7-9-16)18(19)20/h6-9,13-14,17H,2-5,10-12H2,1H3. The molecule has 5 heteroatoms. The van der Waals surface area contributed by atoms with Crippen molar-refractivity contribution in [1.29, 1.82) is 0 Å². The molecule has 0 spiro atoms. The highest BCUT2D eigenvalue weighted by Crippen LogP contribution is 2.28. The molecule has 1 saturated carbocycles. The SMILES string of the molecule is CC1CCCCC1CNCCOc1ccc([N+](=O)[O-])cc1. The zero-order valence-corrected chi connectivity index (χ0v) is 12.6. The molecule has 2 unspecified atom stereocenters. The highest BCUT2D eigenvalue weighted by Gasteiger charge is 2.20. The molecule has 0 aromatic heterocycles. The molecule has 0 bridgehead atoms. The first-order valence-electron chi connectivity index (χ1n) is 7.75. The molecule has 1 aliphatic rings. The van der Waals surface area contributed by atoms with E-state index in [4.69, 9.17) is 4.74 Å². The van der Waals surface area contributed by atoms with Gasteiger partial charge in [0.2, 0.25) is 0 Å². The van der Waals surface area contributed by atoms with E-state index in [9.17, 15) is 10.1 Å². The predicted molar refractivity (Wildman–Crippen MR) is 82.6 cm³/mol. The smallest absolute Gasteiger partial charge is 0.269 e. The van der Waals surface area contributed by atoms with Gasteiger partial charge in [0.05, 0.1) is 4.92 Å². The van der Waals surface area contributed by atoms with Crippen LogP contribution in [0.2, 0.25) is 0 Å². The predicted octanol–water partition coefficient (Wildman–Crippen LogP) is 3.39. The number of hydrogen-bond donors (Lipinski definition) is 1. The molecule has 1 fully saturated rings. The number of hydrogen-bond acceptors (Lipinski definition) is 4. The molecular weight excluding hydrogens is 268 g/mol. The number of rotatable bonds is 7. The number of nitrogens with zero attached hydrogens (tertiary/aromatic N) is 1. The summed E-state index contributed by atoms with van der Waals surface area (Å²) < 4.78 is 5.57. The Hall–Kier alpha value is -1.62. The number of nitro groups is 1. The Morgan fingerprint density at radius 3 is 2.67 bits per heavy atom. The van der Waals surface area contributed by atoms with Crippen molar-refractivity contribution in [2.45, 2.75) is 32.6 Å². The number of non-ortho nitro benzene ring substituents is 1. The molecule has 1 aromatic rings. The molecule has 0 heterocycles. The van der Waals surface area contributed by atoms with Gasteiger partial charge in [-0.2, -0.15) is 0 Å². The van der Waals surface area contributed by atoms with Crippen LogP contribution < -0.4 is 10.1 Å².